The number of hydrogen-bond donors (Lipinski definition) is 1. The van der Waals surface area contributed by atoms with Gasteiger partial charge in [0.25, 0.3) is 0 Å². The third kappa shape index (κ3) is 4.45. The van der Waals surface area contributed by atoms with Gasteiger partial charge in [-0.25, -0.2) is 0 Å². The highest BCUT2D eigenvalue weighted by Crippen LogP contribution is 2.14. The zero-order valence-corrected chi connectivity index (χ0v) is 10.6. The van der Waals surface area contributed by atoms with E-state index < -0.39 is 0 Å². The number of carbonyl (C=O) groups is 1. The van der Waals surface area contributed by atoms with Crippen LogP contribution in [0.3, 0.4) is 0 Å². The fourth-order valence-electron chi connectivity index (χ4n) is 2.14. The summed E-state index contributed by atoms with van der Waals surface area (Å²) in [5.74, 6) is 0.108. The summed E-state index contributed by atoms with van der Waals surface area (Å²) in [7, 11) is 0. The highest BCUT2D eigenvalue weighted by atomic mass is 16.5. The van der Waals surface area contributed by atoms with Crippen LogP contribution in [0.15, 0.2) is 24.5 Å². The minimum atomic E-state index is 0.108. The van der Waals surface area contributed by atoms with Gasteiger partial charge in [0.1, 0.15) is 0 Å². The van der Waals surface area contributed by atoms with E-state index >= 15 is 0 Å². The normalized spacial score (nSPS) is 18.8. The molecule has 1 aliphatic heterocycles. The van der Waals surface area contributed by atoms with Crippen LogP contribution in [0.5, 0.6) is 0 Å². The van der Waals surface area contributed by atoms with Gasteiger partial charge in [-0.2, -0.15) is 0 Å². The molecule has 1 saturated heterocycles. The Balaban J connectivity index is 1.57. The first-order valence-corrected chi connectivity index (χ1v) is 6.62. The summed E-state index contributed by atoms with van der Waals surface area (Å²) in [6.07, 6.45) is 8.38. The molecule has 1 aliphatic rings. The zero-order valence-electron chi connectivity index (χ0n) is 10.6. The van der Waals surface area contributed by atoms with Gasteiger partial charge in [-0.1, -0.05) is 6.07 Å². The lowest BCUT2D eigenvalue weighted by atomic mass is 10.1. The van der Waals surface area contributed by atoms with Crippen molar-refractivity contribution in [2.75, 3.05) is 13.2 Å². The average Bonchev–Trinajstić information content (AvgIpc) is 2.91. The Labute approximate surface area is 108 Å². The van der Waals surface area contributed by atoms with Crippen molar-refractivity contribution < 1.29 is 9.53 Å². The van der Waals surface area contributed by atoms with Gasteiger partial charge in [0, 0.05) is 32.0 Å². The van der Waals surface area contributed by atoms with Gasteiger partial charge in [-0.3, -0.25) is 9.78 Å². The Bertz CT molecular complexity index is 361. The van der Waals surface area contributed by atoms with Gasteiger partial charge in [-0.15, -0.1) is 0 Å². The van der Waals surface area contributed by atoms with Crippen LogP contribution in [0.1, 0.15) is 31.2 Å². The molecule has 1 aromatic heterocycles. The van der Waals surface area contributed by atoms with Crippen molar-refractivity contribution in [1.29, 1.82) is 0 Å². The van der Waals surface area contributed by atoms with Gasteiger partial charge in [0.2, 0.25) is 5.91 Å². The molecule has 1 unspecified atom stereocenters. The molecule has 4 nitrogen and oxygen atoms in total. The van der Waals surface area contributed by atoms with Crippen LogP contribution in [0.25, 0.3) is 0 Å². The standard InChI is InChI=1S/C14H20N2O2/c17-14(6-5-12-3-1-8-15-11-12)16-9-7-13-4-2-10-18-13/h1,3,8,11,13H,2,4-7,9-10H2,(H,16,17). The van der Waals surface area contributed by atoms with Gasteiger partial charge in [-0.05, 0) is 37.3 Å². The van der Waals surface area contributed by atoms with Gasteiger partial charge >= 0.3 is 0 Å². The number of nitrogens with zero attached hydrogens (tertiary/aromatic N) is 1. The molecule has 1 atom stereocenters. The summed E-state index contributed by atoms with van der Waals surface area (Å²) >= 11 is 0. The number of amides is 1. The lowest BCUT2D eigenvalue weighted by molar-refractivity contribution is -0.121. The van der Waals surface area contributed by atoms with Crippen LogP contribution in [0, 0.1) is 0 Å². The smallest absolute Gasteiger partial charge is 0.220 e. The molecule has 0 aromatic carbocycles. The van der Waals surface area contributed by atoms with Gasteiger partial charge < -0.3 is 10.1 Å². The second-order valence-electron chi connectivity index (χ2n) is 4.63. The maximum Gasteiger partial charge on any atom is 0.220 e. The van der Waals surface area contributed by atoms with E-state index in [0.29, 0.717) is 12.5 Å². The highest BCUT2D eigenvalue weighted by molar-refractivity contribution is 5.76. The minimum Gasteiger partial charge on any atom is -0.378 e. The molecule has 1 aromatic rings. The summed E-state index contributed by atoms with van der Waals surface area (Å²) in [6, 6.07) is 3.89. The lowest BCUT2D eigenvalue weighted by Gasteiger charge is -2.10. The number of rotatable bonds is 6. The van der Waals surface area contributed by atoms with Crippen LogP contribution in [0.4, 0.5) is 0 Å². The Morgan fingerprint density at radius 2 is 2.50 bits per heavy atom. The first-order valence-electron chi connectivity index (χ1n) is 6.62. The monoisotopic (exact) mass is 248 g/mol. The highest BCUT2D eigenvalue weighted by Gasteiger charge is 2.14. The molecule has 0 spiro atoms. The first kappa shape index (κ1) is 13.0. The van der Waals surface area contributed by atoms with E-state index in [1.807, 2.05) is 12.1 Å². The molecule has 0 radical (unpaired) electrons. The molecule has 0 bridgehead atoms. The summed E-state index contributed by atoms with van der Waals surface area (Å²) in [4.78, 5) is 15.6. The third-order valence-electron chi connectivity index (χ3n) is 3.18. The van der Waals surface area contributed by atoms with Crippen LogP contribution < -0.4 is 5.32 Å². The fraction of sp³-hybridized carbons (Fsp3) is 0.571. The van der Waals surface area contributed by atoms with E-state index in [1.165, 1.54) is 0 Å². The Morgan fingerprint density at radius 3 is 3.22 bits per heavy atom. The predicted molar refractivity (Wildman–Crippen MR) is 69.2 cm³/mol. The molecule has 1 N–H and O–H groups in total. The van der Waals surface area contributed by atoms with Crippen LogP contribution in [0.2, 0.25) is 0 Å². The van der Waals surface area contributed by atoms with Crippen molar-refractivity contribution in [3.8, 4) is 0 Å². The largest absolute Gasteiger partial charge is 0.378 e. The van der Waals surface area contributed by atoms with Crippen molar-refractivity contribution >= 4 is 5.91 Å². The maximum absolute atomic E-state index is 11.6. The molecular formula is C14H20N2O2. The molecule has 4 heteroatoms. The summed E-state index contributed by atoms with van der Waals surface area (Å²) in [5.41, 5.74) is 1.10. The molecular weight excluding hydrogens is 228 g/mol. The van der Waals surface area contributed by atoms with E-state index in [4.69, 9.17) is 4.74 Å². The summed E-state index contributed by atoms with van der Waals surface area (Å²) < 4.78 is 5.50. The van der Waals surface area contributed by atoms with E-state index in [2.05, 4.69) is 10.3 Å². The van der Waals surface area contributed by atoms with E-state index in [9.17, 15) is 4.79 Å². The number of ether oxygens (including phenoxy) is 1. The fourth-order valence-corrected chi connectivity index (χ4v) is 2.14. The lowest BCUT2D eigenvalue weighted by Crippen LogP contribution is -2.27. The minimum absolute atomic E-state index is 0.108. The zero-order chi connectivity index (χ0) is 12.6. The molecule has 2 heterocycles. The molecule has 98 valence electrons. The quantitative estimate of drug-likeness (QED) is 0.833. The molecule has 1 amide bonds. The Hall–Kier alpha value is -1.42. The van der Waals surface area contributed by atoms with E-state index in [-0.39, 0.29) is 5.91 Å². The predicted octanol–water partition coefficient (Wildman–Crippen LogP) is 1.70. The molecule has 18 heavy (non-hydrogen) atoms. The molecule has 1 fully saturated rings. The van der Waals surface area contributed by atoms with Crippen molar-refractivity contribution in [2.45, 2.75) is 38.2 Å². The Kier molecular flexibility index (Phi) is 5.15. The third-order valence-corrected chi connectivity index (χ3v) is 3.18. The summed E-state index contributed by atoms with van der Waals surface area (Å²) in [5, 5.41) is 2.94. The first-order chi connectivity index (χ1) is 8.84. The number of hydrogen-bond acceptors (Lipinski definition) is 3. The molecule has 0 aliphatic carbocycles. The average molecular weight is 248 g/mol. The Morgan fingerprint density at radius 1 is 1.56 bits per heavy atom. The molecule has 0 saturated carbocycles. The van der Waals surface area contributed by atoms with E-state index in [0.717, 1.165) is 44.4 Å². The van der Waals surface area contributed by atoms with Crippen LogP contribution in [-0.4, -0.2) is 30.1 Å². The van der Waals surface area contributed by atoms with Crippen LogP contribution >= 0.6 is 0 Å². The van der Waals surface area contributed by atoms with Crippen molar-refractivity contribution in [3.63, 3.8) is 0 Å². The number of aromatic nitrogens is 1. The number of aryl methyl sites for hydroxylation is 1. The van der Waals surface area contributed by atoms with Crippen LogP contribution in [-0.2, 0) is 16.0 Å². The topological polar surface area (TPSA) is 51.2 Å². The number of carbonyl (C=O) groups excluding carboxylic acids is 1. The number of pyridine rings is 1. The maximum atomic E-state index is 11.6. The van der Waals surface area contributed by atoms with Crippen molar-refractivity contribution in [1.82, 2.24) is 10.3 Å². The summed E-state index contributed by atoms with van der Waals surface area (Å²) in [6.45, 7) is 1.59. The van der Waals surface area contributed by atoms with Crippen molar-refractivity contribution in [2.24, 2.45) is 0 Å². The second-order valence-corrected chi connectivity index (χ2v) is 4.63. The second kappa shape index (κ2) is 7.11. The van der Waals surface area contributed by atoms with Gasteiger partial charge in [0.15, 0.2) is 0 Å². The van der Waals surface area contributed by atoms with E-state index in [1.54, 1.807) is 12.4 Å². The number of nitrogens with one attached hydrogen (secondary N) is 1. The SMILES string of the molecule is O=C(CCc1cccnc1)NCCC1CCCO1. The van der Waals surface area contributed by atoms with Gasteiger partial charge in [0.05, 0.1) is 6.10 Å². The molecule has 2 rings (SSSR count). The van der Waals surface area contributed by atoms with Crippen molar-refractivity contribution in [3.05, 3.63) is 30.1 Å².